The molecule has 0 spiro atoms. The lowest BCUT2D eigenvalue weighted by Gasteiger charge is -2.29. The number of hydrogen-bond acceptors (Lipinski definition) is 4. The Morgan fingerprint density at radius 3 is 2.42 bits per heavy atom. The molecule has 0 aromatic carbocycles. The molecule has 2 nitrogen and oxygen atoms in total. The molecule has 0 saturated heterocycles. The minimum Gasteiger partial charge on any atom is -0.327 e. The first-order valence-corrected chi connectivity index (χ1v) is 8.64. The molecule has 0 radical (unpaired) electrons. The normalized spacial score (nSPS) is 15.2. The van der Waals surface area contributed by atoms with Crippen LogP contribution in [0.15, 0.2) is 0 Å². The fourth-order valence-electron chi connectivity index (χ4n) is 0.700. The van der Waals surface area contributed by atoms with E-state index in [9.17, 15) is 0 Å². The van der Waals surface area contributed by atoms with Gasteiger partial charge in [0.2, 0.25) is 5.62 Å². The zero-order chi connectivity index (χ0) is 9.61. The lowest BCUT2D eigenvalue weighted by molar-refractivity contribution is 0.364. The molecular formula is C6H14NOPS3. The van der Waals surface area contributed by atoms with E-state index in [1.165, 1.54) is 0 Å². The van der Waals surface area contributed by atoms with E-state index in [1.54, 1.807) is 16.9 Å². The summed E-state index contributed by atoms with van der Waals surface area (Å²) in [6, 6.07) is 0. The van der Waals surface area contributed by atoms with Crippen molar-refractivity contribution in [3.63, 3.8) is 0 Å². The lowest BCUT2D eigenvalue weighted by Crippen LogP contribution is -2.16. The van der Waals surface area contributed by atoms with Crippen LogP contribution in [0.25, 0.3) is 0 Å². The fourth-order valence-corrected chi connectivity index (χ4v) is 5.41. The highest BCUT2D eigenvalue weighted by Gasteiger charge is 2.21. The Morgan fingerprint density at radius 2 is 2.17 bits per heavy atom. The van der Waals surface area contributed by atoms with Crippen molar-refractivity contribution in [3.05, 3.63) is 0 Å². The van der Waals surface area contributed by atoms with Crippen molar-refractivity contribution < 1.29 is 4.52 Å². The van der Waals surface area contributed by atoms with Crippen LogP contribution in [0, 0.1) is 0 Å². The van der Waals surface area contributed by atoms with E-state index in [1.807, 2.05) is 24.8 Å². The van der Waals surface area contributed by atoms with Crippen molar-refractivity contribution in [2.45, 2.75) is 13.8 Å². The Morgan fingerprint density at radius 1 is 1.58 bits per heavy atom. The summed E-state index contributed by atoms with van der Waals surface area (Å²) in [5.74, 6) is 0. The molecule has 0 amide bonds. The third-order valence-electron chi connectivity index (χ3n) is 1.28. The molecule has 1 unspecified atom stereocenters. The second-order valence-corrected chi connectivity index (χ2v) is 8.97. The van der Waals surface area contributed by atoms with E-state index in [-0.39, 0.29) is 0 Å². The van der Waals surface area contributed by atoms with E-state index in [4.69, 9.17) is 28.5 Å². The number of nitrogens with zero attached hydrogens (tertiary/aromatic N) is 1. The van der Waals surface area contributed by atoms with Crippen molar-refractivity contribution in [1.82, 2.24) is 4.67 Å². The maximum atomic E-state index is 5.54. The first-order chi connectivity index (χ1) is 5.64. The largest absolute Gasteiger partial charge is 0.327 e. The van der Waals surface area contributed by atoms with Gasteiger partial charge in [-0.25, -0.2) is 0 Å². The highest BCUT2D eigenvalue weighted by Crippen LogP contribution is 2.60. The van der Waals surface area contributed by atoms with E-state index in [0.29, 0.717) is 6.61 Å². The summed E-state index contributed by atoms with van der Waals surface area (Å²) < 4.78 is 7.48. The molecule has 0 aliphatic heterocycles. The van der Waals surface area contributed by atoms with Gasteiger partial charge < -0.3 is 9.19 Å². The van der Waals surface area contributed by atoms with Crippen molar-refractivity contribution in [2.24, 2.45) is 0 Å². The average Bonchev–Trinajstić information content (AvgIpc) is 2.07. The molecular weight excluding hydrogens is 229 g/mol. The van der Waals surface area contributed by atoms with Crippen LogP contribution in [0.4, 0.5) is 0 Å². The Bertz CT molecular complexity index is 188. The third kappa shape index (κ3) is 3.30. The predicted octanol–water partition coefficient (Wildman–Crippen LogP) is 2.89. The molecule has 6 heteroatoms. The monoisotopic (exact) mass is 243 g/mol. The second kappa shape index (κ2) is 6.33. The van der Waals surface area contributed by atoms with Crippen molar-refractivity contribution in [2.75, 3.05) is 19.4 Å². The Kier molecular flexibility index (Phi) is 6.77. The van der Waals surface area contributed by atoms with Gasteiger partial charge >= 0.3 is 0 Å². The Balaban J connectivity index is 4.47. The van der Waals surface area contributed by atoms with E-state index in [2.05, 4.69) is 0 Å². The first kappa shape index (κ1) is 12.8. The molecule has 72 valence electrons. The summed E-state index contributed by atoms with van der Waals surface area (Å²) in [7, 11) is 0. The molecule has 0 heterocycles. The van der Waals surface area contributed by atoms with Gasteiger partial charge in [0, 0.05) is 6.54 Å². The van der Waals surface area contributed by atoms with Gasteiger partial charge in [-0.05, 0) is 31.9 Å². The highest BCUT2D eigenvalue weighted by molar-refractivity contribution is 8.68. The fraction of sp³-hybridized carbons (Fsp3) is 0.833. The zero-order valence-corrected chi connectivity index (χ0v) is 10.9. The van der Waals surface area contributed by atoms with Crippen LogP contribution < -0.4 is 0 Å². The quantitative estimate of drug-likeness (QED) is 0.524. The second-order valence-electron chi connectivity index (χ2n) is 1.93. The van der Waals surface area contributed by atoms with Crippen LogP contribution in [-0.4, -0.2) is 29.6 Å². The number of thiocarbonyl (C=S) groups is 1. The minimum atomic E-state index is -1.89. The van der Waals surface area contributed by atoms with Gasteiger partial charge in [0.1, 0.15) is 0 Å². The molecule has 0 aromatic heterocycles. The molecule has 12 heavy (non-hydrogen) atoms. The SMILES string of the molecule is CCOP(=S)(SC)N(C=S)CC. The van der Waals surface area contributed by atoms with E-state index in [0.717, 1.165) is 6.54 Å². The molecule has 0 rings (SSSR count). The molecule has 0 aliphatic carbocycles. The van der Waals surface area contributed by atoms with Gasteiger partial charge in [0.05, 0.1) is 12.1 Å². The van der Waals surface area contributed by atoms with Crippen LogP contribution >= 0.6 is 29.2 Å². The van der Waals surface area contributed by atoms with Gasteiger partial charge in [-0.1, -0.05) is 23.6 Å². The molecule has 1 atom stereocenters. The molecule has 0 N–H and O–H groups in total. The molecule has 0 aliphatic rings. The maximum absolute atomic E-state index is 5.54. The predicted molar refractivity (Wildman–Crippen MR) is 65.5 cm³/mol. The number of rotatable bonds is 6. The standard InChI is InChI=1S/C6H14NOPS3/c1-4-7(6-10)9(11,12-3)8-5-2/h6H,4-5H2,1-3H3. The summed E-state index contributed by atoms with van der Waals surface area (Å²) in [6.07, 6.45) is 1.97. The minimum absolute atomic E-state index is 0.651. The smallest absolute Gasteiger partial charge is 0.213 e. The van der Waals surface area contributed by atoms with Crippen molar-refractivity contribution in [1.29, 1.82) is 0 Å². The van der Waals surface area contributed by atoms with Crippen LogP contribution in [0.3, 0.4) is 0 Å². The van der Waals surface area contributed by atoms with Crippen LogP contribution in [0.5, 0.6) is 0 Å². The average molecular weight is 243 g/mol. The number of hydrogen-bond donors (Lipinski definition) is 0. The van der Waals surface area contributed by atoms with Gasteiger partial charge in [0.15, 0.2) is 0 Å². The molecule has 0 bridgehead atoms. The highest BCUT2D eigenvalue weighted by atomic mass is 32.9. The maximum Gasteiger partial charge on any atom is 0.213 e. The van der Waals surface area contributed by atoms with Gasteiger partial charge in [-0.3, -0.25) is 0 Å². The van der Waals surface area contributed by atoms with Crippen molar-refractivity contribution >= 4 is 46.5 Å². The summed E-state index contributed by atoms with van der Waals surface area (Å²) in [6.45, 7) is 5.45. The third-order valence-corrected chi connectivity index (χ3v) is 8.38. The summed E-state index contributed by atoms with van der Waals surface area (Å²) in [4.78, 5) is 0. The molecule has 0 saturated carbocycles. The van der Waals surface area contributed by atoms with Gasteiger partial charge in [-0.2, -0.15) is 0 Å². The molecule has 0 fully saturated rings. The summed E-state index contributed by atoms with van der Waals surface area (Å²) >= 11 is 11.9. The topological polar surface area (TPSA) is 12.5 Å². The Labute approximate surface area is 88.9 Å². The summed E-state index contributed by atoms with van der Waals surface area (Å²) in [5.41, 5.74) is -0.283. The Hall–Kier alpha value is 0.850. The van der Waals surface area contributed by atoms with Crippen LogP contribution in [0.1, 0.15) is 13.8 Å². The lowest BCUT2D eigenvalue weighted by atomic mass is 10.8. The van der Waals surface area contributed by atoms with Crippen molar-refractivity contribution in [3.8, 4) is 0 Å². The van der Waals surface area contributed by atoms with Crippen LogP contribution in [-0.2, 0) is 16.3 Å². The first-order valence-electron chi connectivity index (χ1n) is 3.67. The van der Waals surface area contributed by atoms with E-state index < -0.39 is 5.62 Å². The van der Waals surface area contributed by atoms with Gasteiger partial charge in [0.25, 0.3) is 0 Å². The summed E-state index contributed by atoms with van der Waals surface area (Å²) in [5, 5.41) is 0. The zero-order valence-electron chi connectivity index (χ0n) is 7.52. The van der Waals surface area contributed by atoms with E-state index >= 15 is 0 Å². The van der Waals surface area contributed by atoms with Crippen LogP contribution in [0.2, 0.25) is 0 Å². The molecule has 0 aromatic rings. The van der Waals surface area contributed by atoms with Gasteiger partial charge in [-0.15, -0.1) is 0 Å².